The fourth-order valence-electron chi connectivity index (χ4n) is 4.36. The molecule has 0 saturated carbocycles. The van der Waals surface area contributed by atoms with Crippen molar-refractivity contribution >= 4 is 27.3 Å². The van der Waals surface area contributed by atoms with E-state index in [0.717, 1.165) is 11.1 Å². The molecule has 0 N–H and O–H groups in total. The summed E-state index contributed by atoms with van der Waals surface area (Å²) in [6.07, 6.45) is 1.27. The molecule has 2 aromatic carbocycles. The molecule has 192 valence electrons. The Labute approximate surface area is 216 Å². The predicted octanol–water partition coefficient (Wildman–Crippen LogP) is 5.19. The van der Waals surface area contributed by atoms with Gasteiger partial charge >= 0.3 is 0 Å². The number of nitrogens with zero attached hydrogens (tertiary/aromatic N) is 2. The highest BCUT2D eigenvalue weighted by molar-refractivity contribution is 7.89. The molecule has 0 bridgehead atoms. The van der Waals surface area contributed by atoms with E-state index in [-0.39, 0.29) is 30.0 Å². The molecule has 9 heteroatoms. The minimum absolute atomic E-state index is 0.146. The number of halogens is 1. The Morgan fingerprint density at radius 1 is 1.22 bits per heavy atom. The quantitative estimate of drug-likeness (QED) is 0.382. The number of sulfonamides is 1. The molecule has 1 aliphatic heterocycles. The van der Waals surface area contributed by atoms with Crippen LogP contribution in [-0.2, 0) is 21.2 Å². The Kier molecular flexibility index (Phi) is 8.12. The number of fused-ring (bicyclic) bond motifs is 1. The first kappa shape index (κ1) is 26.3. The Morgan fingerprint density at radius 3 is 2.67 bits per heavy atom. The molecular weight excluding hydrogens is 499 g/mol. The van der Waals surface area contributed by atoms with E-state index in [1.807, 2.05) is 32.2 Å². The van der Waals surface area contributed by atoms with Gasteiger partial charge in [0, 0.05) is 23.5 Å². The van der Waals surface area contributed by atoms with Crippen LogP contribution in [-0.4, -0.2) is 49.3 Å². The average molecular weight is 531 g/mol. The summed E-state index contributed by atoms with van der Waals surface area (Å²) in [5.74, 6) is -0.297. The van der Waals surface area contributed by atoms with E-state index in [4.69, 9.17) is 4.74 Å². The molecule has 1 aliphatic rings. The van der Waals surface area contributed by atoms with Crippen LogP contribution in [0.3, 0.4) is 0 Å². The molecule has 4 rings (SSSR count). The maximum Gasteiger partial charge on any atom is 0.243 e. The normalized spacial score (nSPS) is 16.6. The summed E-state index contributed by atoms with van der Waals surface area (Å²) in [6, 6.07) is 13.8. The van der Waals surface area contributed by atoms with E-state index in [1.54, 1.807) is 52.6 Å². The minimum Gasteiger partial charge on any atom is -0.491 e. The molecule has 36 heavy (non-hydrogen) atoms. The lowest BCUT2D eigenvalue weighted by molar-refractivity contribution is -0.135. The van der Waals surface area contributed by atoms with Crippen LogP contribution in [0, 0.1) is 12.7 Å². The summed E-state index contributed by atoms with van der Waals surface area (Å²) in [6.45, 7) is 5.96. The monoisotopic (exact) mass is 530 g/mol. The highest BCUT2D eigenvalue weighted by Crippen LogP contribution is 2.34. The SMILES string of the molecule is CC[C@@H](C)N(CC(=O)N1CCc2sccc2[C@H]1COc1cccc(F)c1)S(=O)(=O)c1ccc(C)cc1. The van der Waals surface area contributed by atoms with Crippen molar-refractivity contribution in [3.63, 3.8) is 0 Å². The number of ether oxygens (including phenoxy) is 1. The zero-order chi connectivity index (χ0) is 25.9. The number of carbonyl (C=O) groups excluding carboxylic acids is 1. The van der Waals surface area contributed by atoms with Gasteiger partial charge in [-0.15, -0.1) is 11.3 Å². The molecule has 0 saturated heterocycles. The summed E-state index contributed by atoms with van der Waals surface area (Å²) in [4.78, 5) is 16.7. The van der Waals surface area contributed by atoms with Crippen LogP contribution in [0.5, 0.6) is 5.75 Å². The number of benzene rings is 2. The molecule has 2 heterocycles. The third-order valence-electron chi connectivity index (χ3n) is 6.62. The number of thiophene rings is 1. The van der Waals surface area contributed by atoms with Crippen molar-refractivity contribution in [2.75, 3.05) is 19.7 Å². The number of aryl methyl sites for hydroxylation is 1. The maximum atomic E-state index is 13.7. The highest BCUT2D eigenvalue weighted by Gasteiger charge is 2.36. The topological polar surface area (TPSA) is 66.9 Å². The minimum atomic E-state index is -3.88. The Balaban J connectivity index is 1.59. The van der Waals surface area contributed by atoms with E-state index in [9.17, 15) is 17.6 Å². The molecule has 2 atom stereocenters. The van der Waals surface area contributed by atoms with Gasteiger partial charge in [-0.3, -0.25) is 4.79 Å². The lowest BCUT2D eigenvalue weighted by Gasteiger charge is -2.37. The zero-order valence-electron chi connectivity index (χ0n) is 20.7. The molecule has 0 unspecified atom stereocenters. The maximum absolute atomic E-state index is 13.7. The van der Waals surface area contributed by atoms with E-state index < -0.39 is 21.9 Å². The lowest BCUT2D eigenvalue weighted by Crippen LogP contribution is -2.49. The lowest BCUT2D eigenvalue weighted by atomic mass is 10.0. The fraction of sp³-hybridized carbons (Fsp3) is 0.370. The van der Waals surface area contributed by atoms with Crippen molar-refractivity contribution in [2.45, 2.75) is 50.6 Å². The number of carbonyl (C=O) groups is 1. The zero-order valence-corrected chi connectivity index (χ0v) is 22.3. The van der Waals surface area contributed by atoms with Gasteiger partial charge in [0.05, 0.1) is 17.5 Å². The largest absolute Gasteiger partial charge is 0.491 e. The van der Waals surface area contributed by atoms with Crippen LogP contribution in [0.4, 0.5) is 4.39 Å². The standard InChI is InChI=1S/C27H31FN2O4S2/c1-4-20(3)30(36(32,33)23-10-8-19(2)9-11-23)17-27(31)29-14-12-26-24(13-15-35-26)25(29)18-34-22-7-5-6-21(28)16-22/h5-11,13,15-16,20,25H,4,12,14,17-18H2,1-3H3/t20-,25-/m1/s1. The first-order valence-corrected chi connectivity index (χ1v) is 14.3. The summed E-state index contributed by atoms with van der Waals surface area (Å²) in [5.41, 5.74) is 1.95. The molecule has 3 aromatic rings. The van der Waals surface area contributed by atoms with Crippen LogP contribution in [0.15, 0.2) is 64.9 Å². The smallest absolute Gasteiger partial charge is 0.243 e. The molecule has 1 amide bonds. The van der Waals surface area contributed by atoms with Crippen molar-refractivity contribution in [3.8, 4) is 5.75 Å². The molecule has 1 aromatic heterocycles. The van der Waals surface area contributed by atoms with Gasteiger partial charge in [0.25, 0.3) is 0 Å². The second-order valence-electron chi connectivity index (χ2n) is 9.04. The van der Waals surface area contributed by atoms with Gasteiger partial charge in [-0.05, 0) is 68.0 Å². The molecule has 0 fully saturated rings. The second kappa shape index (κ2) is 11.1. The van der Waals surface area contributed by atoms with Gasteiger partial charge < -0.3 is 9.64 Å². The molecule has 0 spiro atoms. The second-order valence-corrected chi connectivity index (χ2v) is 11.9. The third-order valence-corrected chi connectivity index (χ3v) is 9.59. The van der Waals surface area contributed by atoms with Crippen LogP contribution in [0.25, 0.3) is 0 Å². The Morgan fingerprint density at radius 2 is 1.97 bits per heavy atom. The summed E-state index contributed by atoms with van der Waals surface area (Å²) < 4.78 is 47.9. The molecule has 6 nitrogen and oxygen atoms in total. The Bertz CT molecular complexity index is 1310. The van der Waals surface area contributed by atoms with Crippen molar-refractivity contribution < 1.29 is 22.3 Å². The summed E-state index contributed by atoms with van der Waals surface area (Å²) in [5, 5.41) is 1.99. The van der Waals surface area contributed by atoms with Gasteiger partial charge in [0.15, 0.2) is 0 Å². The first-order valence-electron chi connectivity index (χ1n) is 12.0. The van der Waals surface area contributed by atoms with Gasteiger partial charge in [-0.1, -0.05) is 30.7 Å². The summed E-state index contributed by atoms with van der Waals surface area (Å²) >= 11 is 1.63. The predicted molar refractivity (Wildman–Crippen MR) is 139 cm³/mol. The Hall–Kier alpha value is -2.75. The van der Waals surface area contributed by atoms with Crippen LogP contribution in [0.2, 0.25) is 0 Å². The fourth-order valence-corrected chi connectivity index (χ4v) is 6.94. The average Bonchev–Trinajstić information content (AvgIpc) is 3.34. The van der Waals surface area contributed by atoms with Gasteiger partial charge in [-0.2, -0.15) is 4.31 Å². The van der Waals surface area contributed by atoms with Crippen LogP contribution < -0.4 is 4.74 Å². The molecule has 0 radical (unpaired) electrons. The number of hydrogen-bond donors (Lipinski definition) is 0. The number of hydrogen-bond acceptors (Lipinski definition) is 5. The van der Waals surface area contributed by atoms with Gasteiger partial charge in [0.1, 0.15) is 18.2 Å². The van der Waals surface area contributed by atoms with Crippen molar-refractivity contribution in [2.24, 2.45) is 0 Å². The van der Waals surface area contributed by atoms with Crippen molar-refractivity contribution in [1.29, 1.82) is 0 Å². The van der Waals surface area contributed by atoms with E-state index in [1.165, 1.54) is 21.3 Å². The van der Waals surface area contributed by atoms with Gasteiger partial charge in [0.2, 0.25) is 15.9 Å². The molecule has 0 aliphatic carbocycles. The van der Waals surface area contributed by atoms with Crippen molar-refractivity contribution in [1.82, 2.24) is 9.21 Å². The van der Waals surface area contributed by atoms with Crippen LogP contribution >= 0.6 is 11.3 Å². The number of rotatable bonds is 9. The van der Waals surface area contributed by atoms with Gasteiger partial charge in [-0.25, -0.2) is 12.8 Å². The van der Waals surface area contributed by atoms with E-state index >= 15 is 0 Å². The van der Waals surface area contributed by atoms with Crippen LogP contribution in [0.1, 0.15) is 42.3 Å². The van der Waals surface area contributed by atoms with Crippen molar-refractivity contribution in [3.05, 3.63) is 81.8 Å². The molecular formula is C27H31FN2O4S2. The van der Waals surface area contributed by atoms with E-state index in [0.29, 0.717) is 25.1 Å². The number of amides is 1. The first-order chi connectivity index (χ1) is 17.2. The highest BCUT2D eigenvalue weighted by atomic mass is 32.2. The van der Waals surface area contributed by atoms with E-state index in [2.05, 4.69) is 0 Å². The third kappa shape index (κ3) is 5.63. The summed E-state index contributed by atoms with van der Waals surface area (Å²) in [7, 11) is -3.88.